The monoisotopic (exact) mass is 372 g/mol. The fourth-order valence-corrected chi connectivity index (χ4v) is 5.29. The van der Waals surface area contributed by atoms with E-state index in [1.807, 2.05) is 4.90 Å². The number of likely N-dealkylation sites (tertiary alicyclic amines) is 1. The van der Waals surface area contributed by atoms with Gasteiger partial charge in [-0.15, -0.1) is 0 Å². The van der Waals surface area contributed by atoms with Crippen molar-refractivity contribution in [1.29, 1.82) is 0 Å². The lowest BCUT2D eigenvalue weighted by molar-refractivity contribution is 0.0716. The molecule has 1 saturated heterocycles. The van der Waals surface area contributed by atoms with E-state index in [4.69, 9.17) is 5.10 Å². The van der Waals surface area contributed by atoms with Crippen molar-refractivity contribution in [2.45, 2.75) is 103 Å². The van der Waals surface area contributed by atoms with Gasteiger partial charge in [-0.25, -0.2) is 0 Å². The lowest BCUT2D eigenvalue weighted by Gasteiger charge is -2.30. The first kappa shape index (κ1) is 19.0. The Hall–Kier alpha value is -1.36. The summed E-state index contributed by atoms with van der Waals surface area (Å²) in [6, 6.07) is 1.17. The van der Waals surface area contributed by atoms with E-state index in [-0.39, 0.29) is 5.91 Å². The van der Waals surface area contributed by atoms with Crippen LogP contribution in [0.15, 0.2) is 0 Å². The second-order valence-corrected chi connectivity index (χ2v) is 8.74. The van der Waals surface area contributed by atoms with Gasteiger partial charge in [-0.3, -0.25) is 9.48 Å². The third kappa shape index (κ3) is 4.23. The normalized spacial score (nSPS) is 24.5. The Labute approximate surface area is 163 Å². The van der Waals surface area contributed by atoms with Gasteiger partial charge in [-0.2, -0.15) is 5.10 Å². The Morgan fingerprint density at radius 1 is 1.00 bits per heavy atom. The molecule has 3 aliphatic rings. The Kier molecular flexibility index (Phi) is 6.16. The van der Waals surface area contributed by atoms with Crippen LogP contribution in [0.2, 0.25) is 0 Å². The molecule has 1 saturated carbocycles. The lowest BCUT2D eigenvalue weighted by Crippen LogP contribution is -2.42. The summed E-state index contributed by atoms with van der Waals surface area (Å²) < 4.78 is 2.09. The predicted molar refractivity (Wildman–Crippen MR) is 108 cm³/mol. The number of carbonyl (C=O) groups excluding carboxylic acids is 1. The number of piperidine rings is 1. The number of carbonyl (C=O) groups is 1. The molecule has 1 atom stereocenters. The molecule has 2 heterocycles. The molecule has 27 heavy (non-hydrogen) atoms. The number of nitrogens with zero attached hydrogens (tertiary/aromatic N) is 3. The zero-order valence-electron chi connectivity index (χ0n) is 17.0. The van der Waals surface area contributed by atoms with Crippen molar-refractivity contribution in [3.8, 4) is 0 Å². The number of fused-ring (bicyclic) bond motifs is 1. The van der Waals surface area contributed by atoms with Gasteiger partial charge in [0.1, 0.15) is 0 Å². The molecule has 0 spiro atoms. The van der Waals surface area contributed by atoms with Gasteiger partial charge >= 0.3 is 0 Å². The third-order valence-electron chi connectivity index (χ3n) is 6.82. The fourth-order valence-electron chi connectivity index (χ4n) is 5.29. The van der Waals surface area contributed by atoms with Gasteiger partial charge in [0.15, 0.2) is 5.69 Å². The summed E-state index contributed by atoms with van der Waals surface area (Å²) in [6.07, 6.45) is 14.9. The predicted octanol–water partition coefficient (Wildman–Crippen LogP) is 3.70. The number of rotatable bonds is 4. The molecule has 0 bridgehead atoms. The second kappa shape index (κ2) is 8.76. The van der Waals surface area contributed by atoms with Gasteiger partial charge in [0.25, 0.3) is 5.91 Å². The number of amides is 1. The molecular weight excluding hydrogens is 336 g/mol. The number of nitrogens with one attached hydrogen (secondary N) is 1. The lowest BCUT2D eigenvalue weighted by atomic mass is 9.90. The van der Waals surface area contributed by atoms with Crippen molar-refractivity contribution in [2.75, 3.05) is 13.1 Å². The Morgan fingerprint density at radius 3 is 2.41 bits per heavy atom. The standard InChI is InChI=1S/C22H36N4O/c1-2-26-20-13-12-18(23-17-10-6-3-4-7-11-17)16-19(20)21(24-26)22(27)25-14-8-5-9-15-25/h17-18,23H,2-16H2,1H3/t18-/m1/s1. The average Bonchev–Trinajstić information content (AvgIpc) is 2.87. The molecule has 4 rings (SSSR count). The first-order valence-corrected chi connectivity index (χ1v) is 11.4. The number of aromatic nitrogens is 2. The Balaban J connectivity index is 1.50. The van der Waals surface area contributed by atoms with Gasteiger partial charge in [0.05, 0.1) is 0 Å². The smallest absolute Gasteiger partial charge is 0.274 e. The van der Waals surface area contributed by atoms with Crippen LogP contribution in [0.5, 0.6) is 0 Å². The topological polar surface area (TPSA) is 50.2 Å². The molecule has 0 unspecified atom stereocenters. The SMILES string of the molecule is CCn1nc(C(=O)N2CCCCC2)c2c1CC[C@@H](NC1CCCCCC1)C2. The van der Waals surface area contributed by atoms with Crippen molar-refractivity contribution < 1.29 is 4.79 Å². The van der Waals surface area contributed by atoms with E-state index in [2.05, 4.69) is 16.9 Å². The van der Waals surface area contributed by atoms with E-state index in [9.17, 15) is 4.79 Å². The number of hydrogen-bond donors (Lipinski definition) is 1. The molecule has 2 fully saturated rings. The molecule has 1 aromatic heterocycles. The van der Waals surface area contributed by atoms with Crippen molar-refractivity contribution in [1.82, 2.24) is 20.0 Å². The molecule has 1 N–H and O–H groups in total. The van der Waals surface area contributed by atoms with Crippen molar-refractivity contribution >= 4 is 5.91 Å². The molecule has 5 nitrogen and oxygen atoms in total. The third-order valence-corrected chi connectivity index (χ3v) is 6.82. The summed E-state index contributed by atoms with van der Waals surface area (Å²) >= 11 is 0. The number of aryl methyl sites for hydroxylation is 1. The highest BCUT2D eigenvalue weighted by atomic mass is 16.2. The zero-order valence-corrected chi connectivity index (χ0v) is 17.0. The number of hydrogen-bond acceptors (Lipinski definition) is 3. The second-order valence-electron chi connectivity index (χ2n) is 8.74. The summed E-state index contributed by atoms with van der Waals surface area (Å²) in [4.78, 5) is 15.2. The van der Waals surface area contributed by atoms with Crippen molar-refractivity contribution in [3.63, 3.8) is 0 Å². The Morgan fingerprint density at radius 2 is 1.70 bits per heavy atom. The molecule has 1 aromatic rings. The molecule has 0 aromatic carbocycles. The van der Waals surface area contributed by atoms with E-state index in [0.29, 0.717) is 12.1 Å². The van der Waals surface area contributed by atoms with Crippen LogP contribution < -0.4 is 5.32 Å². The highest BCUT2D eigenvalue weighted by Crippen LogP contribution is 2.28. The maximum absolute atomic E-state index is 13.2. The van der Waals surface area contributed by atoms with Gasteiger partial charge in [-0.1, -0.05) is 25.7 Å². The largest absolute Gasteiger partial charge is 0.337 e. The Bertz CT molecular complexity index is 639. The van der Waals surface area contributed by atoms with E-state index in [1.165, 1.54) is 62.6 Å². The summed E-state index contributed by atoms with van der Waals surface area (Å²) in [7, 11) is 0. The first-order valence-electron chi connectivity index (χ1n) is 11.4. The summed E-state index contributed by atoms with van der Waals surface area (Å²) in [6.45, 7) is 4.79. The van der Waals surface area contributed by atoms with Gasteiger partial charge in [0, 0.05) is 43.0 Å². The van der Waals surface area contributed by atoms with Gasteiger partial charge < -0.3 is 10.2 Å². The van der Waals surface area contributed by atoms with Crippen LogP contribution in [0.4, 0.5) is 0 Å². The summed E-state index contributed by atoms with van der Waals surface area (Å²) in [5.74, 6) is 0.174. The van der Waals surface area contributed by atoms with Crippen LogP contribution in [0.25, 0.3) is 0 Å². The zero-order chi connectivity index (χ0) is 18.6. The van der Waals surface area contributed by atoms with E-state index in [0.717, 1.165) is 51.0 Å². The van der Waals surface area contributed by atoms with Gasteiger partial charge in [0.2, 0.25) is 0 Å². The van der Waals surface area contributed by atoms with Crippen LogP contribution in [0, 0.1) is 0 Å². The fraction of sp³-hybridized carbons (Fsp3) is 0.818. The van der Waals surface area contributed by atoms with Crippen LogP contribution in [-0.2, 0) is 19.4 Å². The maximum Gasteiger partial charge on any atom is 0.274 e. The summed E-state index contributed by atoms with van der Waals surface area (Å²) in [5.41, 5.74) is 3.31. The summed E-state index contributed by atoms with van der Waals surface area (Å²) in [5, 5.41) is 8.73. The van der Waals surface area contributed by atoms with E-state index >= 15 is 0 Å². The van der Waals surface area contributed by atoms with Crippen LogP contribution in [0.1, 0.15) is 92.9 Å². The maximum atomic E-state index is 13.2. The molecular formula is C22H36N4O. The van der Waals surface area contributed by atoms with Crippen LogP contribution in [-0.4, -0.2) is 45.8 Å². The quantitative estimate of drug-likeness (QED) is 0.820. The van der Waals surface area contributed by atoms with Crippen LogP contribution in [0.3, 0.4) is 0 Å². The highest BCUT2D eigenvalue weighted by Gasteiger charge is 2.32. The molecule has 1 amide bonds. The van der Waals surface area contributed by atoms with E-state index in [1.54, 1.807) is 0 Å². The molecule has 0 radical (unpaired) electrons. The molecule has 1 aliphatic heterocycles. The highest BCUT2D eigenvalue weighted by molar-refractivity contribution is 5.94. The molecule has 5 heteroatoms. The molecule has 2 aliphatic carbocycles. The first-order chi connectivity index (χ1) is 13.3. The van der Waals surface area contributed by atoms with Crippen molar-refractivity contribution in [3.05, 3.63) is 17.0 Å². The molecule has 150 valence electrons. The minimum Gasteiger partial charge on any atom is -0.337 e. The van der Waals surface area contributed by atoms with Crippen molar-refractivity contribution in [2.24, 2.45) is 0 Å². The van der Waals surface area contributed by atoms with Crippen LogP contribution >= 0.6 is 0 Å². The average molecular weight is 373 g/mol. The van der Waals surface area contributed by atoms with Gasteiger partial charge in [-0.05, 0) is 58.3 Å². The minimum absolute atomic E-state index is 0.174. The van der Waals surface area contributed by atoms with E-state index < -0.39 is 0 Å². The minimum atomic E-state index is 0.174.